The van der Waals surface area contributed by atoms with Gasteiger partial charge in [0, 0.05) is 39.1 Å². The van der Waals surface area contributed by atoms with Crippen LogP contribution in [0.1, 0.15) is 16.7 Å². The van der Waals surface area contributed by atoms with Gasteiger partial charge < -0.3 is 9.64 Å². The van der Waals surface area contributed by atoms with Gasteiger partial charge in [0.2, 0.25) is 0 Å². The number of hydrogen-bond donors (Lipinski definition) is 0. The molecule has 0 spiro atoms. The van der Waals surface area contributed by atoms with E-state index in [0.717, 1.165) is 51.5 Å². The number of nitrogens with zero attached hydrogens (tertiary/aromatic N) is 2. The van der Waals surface area contributed by atoms with Crippen LogP contribution in [-0.2, 0) is 6.42 Å². The number of hydrogen-bond acceptors (Lipinski definition) is 3. The summed E-state index contributed by atoms with van der Waals surface area (Å²) in [5.41, 5.74) is 3.89. The summed E-state index contributed by atoms with van der Waals surface area (Å²) in [4.78, 5) is 4.88. The van der Waals surface area contributed by atoms with Crippen molar-refractivity contribution in [3.8, 4) is 5.75 Å². The molecule has 1 fully saturated rings. The Bertz CT molecular complexity index is 634. The van der Waals surface area contributed by atoms with E-state index < -0.39 is 0 Å². The first-order valence-electron chi connectivity index (χ1n) is 8.88. The lowest BCUT2D eigenvalue weighted by Crippen LogP contribution is -2.45. The van der Waals surface area contributed by atoms with E-state index in [1.807, 2.05) is 0 Å². The molecule has 1 aliphatic rings. The second-order valence-electron chi connectivity index (χ2n) is 6.77. The van der Waals surface area contributed by atoms with Crippen molar-refractivity contribution < 1.29 is 4.74 Å². The zero-order chi connectivity index (χ0) is 16.8. The second kappa shape index (κ2) is 8.32. The lowest BCUT2D eigenvalue weighted by Gasteiger charge is -2.32. The number of aryl methyl sites for hydroxylation is 1. The SMILES string of the molecule is Cc1ccc(OCCN2CCN(C)CC2)c(Cc2ccccc2)c1. The van der Waals surface area contributed by atoms with Crippen molar-refractivity contribution >= 4 is 0 Å². The van der Waals surface area contributed by atoms with Gasteiger partial charge in [-0.1, -0.05) is 48.0 Å². The van der Waals surface area contributed by atoms with Crippen molar-refractivity contribution in [2.24, 2.45) is 0 Å². The van der Waals surface area contributed by atoms with Crippen molar-refractivity contribution in [2.45, 2.75) is 13.3 Å². The molecule has 1 heterocycles. The number of ether oxygens (including phenoxy) is 1. The Balaban J connectivity index is 1.58. The molecule has 24 heavy (non-hydrogen) atoms. The van der Waals surface area contributed by atoms with Crippen LogP contribution in [0.5, 0.6) is 5.75 Å². The Kier molecular flexibility index (Phi) is 5.89. The summed E-state index contributed by atoms with van der Waals surface area (Å²) >= 11 is 0. The van der Waals surface area contributed by atoms with E-state index in [1.54, 1.807) is 0 Å². The largest absolute Gasteiger partial charge is 0.492 e. The van der Waals surface area contributed by atoms with Gasteiger partial charge in [0.05, 0.1) is 0 Å². The average Bonchev–Trinajstić information content (AvgIpc) is 2.59. The normalized spacial score (nSPS) is 16.2. The predicted octanol–water partition coefficient (Wildman–Crippen LogP) is 3.21. The van der Waals surface area contributed by atoms with E-state index in [1.165, 1.54) is 16.7 Å². The lowest BCUT2D eigenvalue weighted by molar-refractivity contribution is 0.133. The van der Waals surface area contributed by atoms with Gasteiger partial charge in [-0.05, 0) is 31.2 Å². The topological polar surface area (TPSA) is 15.7 Å². The molecular weight excluding hydrogens is 296 g/mol. The lowest BCUT2D eigenvalue weighted by atomic mass is 10.0. The molecule has 3 nitrogen and oxygen atoms in total. The molecule has 1 saturated heterocycles. The average molecular weight is 324 g/mol. The summed E-state index contributed by atoms with van der Waals surface area (Å²) in [7, 11) is 2.19. The standard InChI is InChI=1S/C21H28N2O/c1-18-8-9-21(20(16-18)17-19-6-4-3-5-7-19)24-15-14-23-12-10-22(2)11-13-23/h3-9,16H,10-15,17H2,1-2H3. The van der Waals surface area contributed by atoms with Crippen LogP contribution < -0.4 is 4.74 Å². The van der Waals surface area contributed by atoms with Crippen LogP contribution in [0.4, 0.5) is 0 Å². The molecule has 0 amide bonds. The van der Waals surface area contributed by atoms with E-state index in [0.29, 0.717) is 0 Å². The number of rotatable bonds is 6. The fourth-order valence-electron chi connectivity index (χ4n) is 3.16. The molecule has 1 aliphatic heterocycles. The smallest absolute Gasteiger partial charge is 0.122 e. The van der Waals surface area contributed by atoms with Gasteiger partial charge in [0.15, 0.2) is 0 Å². The Morgan fingerprint density at radius 2 is 1.71 bits per heavy atom. The van der Waals surface area contributed by atoms with Crippen molar-refractivity contribution in [3.63, 3.8) is 0 Å². The molecule has 0 N–H and O–H groups in total. The number of likely N-dealkylation sites (N-methyl/N-ethyl adjacent to an activating group) is 1. The number of benzene rings is 2. The molecule has 0 atom stereocenters. The minimum absolute atomic E-state index is 0.758. The molecule has 0 saturated carbocycles. The van der Waals surface area contributed by atoms with Gasteiger partial charge in [-0.2, -0.15) is 0 Å². The van der Waals surface area contributed by atoms with Gasteiger partial charge in [-0.3, -0.25) is 4.90 Å². The molecule has 0 aliphatic carbocycles. The molecule has 3 heteroatoms. The van der Waals surface area contributed by atoms with E-state index in [4.69, 9.17) is 4.74 Å². The van der Waals surface area contributed by atoms with Gasteiger partial charge >= 0.3 is 0 Å². The van der Waals surface area contributed by atoms with Gasteiger partial charge in [-0.25, -0.2) is 0 Å². The van der Waals surface area contributed by atoms with Gasteiger partial charge in [0.1, 0.15) is 12.4 Å². The second-order valence-corrected chi connectivity index (χ2v) is 6.77. The first-order valence-corrected chi connectivity index (χ1v) is 8.88. The fraction of sp³-hybridized carbons (Fsp3) is 0.429. The maximum Gasteiger partial charge on any atom is 0.122 e. The summed E-state index contributed by atoms with van der Waals surface area (Å²) in [6.45, 7) is 8.51. The minimum Gasteiger partial charge on any atom is -0.492 e. The third-order valence-corrected chi connectivity index (χ3v) is 4.71. The van der Waals surface area contributed by atoms with Crippen LogP contribution in [0, 0.1) is 6.92 Å². The Hall–Kier alpha value is -1.84. The van der Waals surface area contributed by atoms with Crippen LogP contribution in [-0.4, -0.2) is 56.2 Å². The summed E-state index contributed by atoms with van der Waals surface area (Å²) in [6, 6.07) is 17.1. The van der Waals surface area contributed by atoms with E-state index in [2.05, 4.69) is 72.3 Å². The van der Waals surface area contributed by atoms with Crippen LogP contribution in [0.25, 0.3) is 0 Å². The van der Waals surface area contributed by atoms with E-state index >= 15 is 0 Å². The highest BCUT2D eigenvalue weighted by Crippen LogP contribution is 2.23. The molecule has 0 bridgehead atoms. The highest BCUT2D eigenvalue weighted by molar-refractivity contribution is 5.40. The third kappa shape index (κ3) is 4.83. The zero-order valence-electron chi connectivity index (χ0n) is 14.9. The molecule has 3 rings (SSSR count). The molecular formula is C21H28N2O. The molecule has 0 radical (unpaired) electrons. The monoisotopic (exact) mass is 324 g/mol. The predicted molar refractivity (Wildman–Crippen MR) is 99.9 cm³/mol. The van der Waals surface area contributed by atoms with Crippen molar-refractivity contribution in [2.75, 3.05) is 46.4 Å². The first kappa shape index (κ1) is 17.0. The molecule has 0 unspecified atom stereocenters. The Morgan fingerprint density at radius 3 is 2.46 bits per heavy atom. The summed E-state index contributed by atoms with van der Waals surface area (Å²) in [6.07, 6.45) is 0.923. The van der Waals surface area contributed by atoms with Crippen LogP contribution >= 0.6 is 0 Å². The maximum absolute atomic E-state index is 6.14. The van der Waals surface area contributed by atoms with Crippen molar-refractivity contribution in [1.29, 1.82) is 0 Å². The van der Waals surface area contributed by atoms with E-state index in [-0.39, 0.29) is 0 Å². The summed E-state index contributed by atoms with van der Waals surface area (Å²) in [5, 5.41) is 0. The van der Waals surface area contributed by atoms with Crippen LogP contribution in [0.3, 0.4) is 0 Å². The highest BCUT2D eigenvalue weighted by atomic mass is 16.5. The number of piperazine rings is 1. The van der Waals surface area contributed by atoms with Gasteiger partial charge in [-0.15, -0.1) is 0 Å². The quantitative estimate of drug-likeness (QED) is 0.811. The van der Waals surface area contributed by atoms with Gasteiger partial charge in [0.25, 0.3) is 0 Å². The van der Waals surface area contributed by atoms with E-state index in [9.17, 15) is 0 Å². The third-order valence-electron chi connectivity index (χ3n) is 4.71. The first-order chi connectivity index (χ1) is 11.7. The van der Waals surface area contributed by atoms with Crippen LogP contribution in [0.15, 0.2) is 48.5 Å². The molecule has 2 aromatic rings. The van der Waals surface area contributed by atoms with Crippen molar-refractivity contribution in [1.82, 2.24) is 9.80 Å². The summed E-state index contributed by atoms with van der Waals surface area (Å²) in [5.74, 6) is 1.03. The Morgan fingerprint density at radius 1 is 0.958 bits per heavy atom. The molecule has 0 aromatic heterocycles. The molecule has 128 valence electrons. The zero-order valence-corrected chi connectivity index (χ0v) is 14.9. The summed E-state index contributed by atoms with van der Waals surface area (Å²) < 4.78 is 6.14. The van der Waals surface area contributed by atoms with Crippen molar-refractivity contribution in [3.05, 3.63) is 65.2 Å². The minimum atomic E-state index is 0.758. The Labute approximate surface area is 145 Å². The fourth-order valence-corrected chi connectivity index (χ4v) is 3.16. The molecule has 2 aromatic carbocycles. The van der Waals surface area contributed by atoms with Crippen LogP contribution in [0.2, 0.25) is 0 Å². The maximum atomic E-state index is 6.14. The highest BCUT2D eigenvalue weighted by Gasteiger charge is 2.13.